The van der Waals surface area contributed by atoms with Crippen molar-refractivity contribution in [3.63, 3.8) is 0 Å². The molecule has 0 heterocycles. The van der Waals surface area contributed by atoms with Crippen LogP contribution in [0.3, 0.4) is 0 Å². The van der Waals surface area contributed by atoms with E-state index in [2.05, 4.69) is 4.52 Å². The van der Waals surface area contributed by atoms with Gasteiger partial charge in [0.05, 0.1) is 0 Å². The van der Waals surface area contributed by atoms with Gasteiger partial charge in [-0.3, -0.25) is 4.79 Å². The van der Waals surface area contributed by atoms with Crippen LogP contribution in [-0.4, -0.2) is 17.3 Å². The average molecular weight is 151 g/mol. The van der Waals surface area contributed by atoms with E-state index in [1.807, 2.05) is 0 Å². The van der Waals surface area contributed by atoms with E-state index < -0.39 is 8.25 Å². The van der Waals surface area contributed by atoms with E-state index in [9.17, 15) is 9.36 Å². The molecule has 1 unspecified atom stereocenters. The van der Waals surface area contributed by atoms with Gasteiger partial charge in [0.25, 0.3) is 0 Å². The quantitative estimate of drug-likeness (QED) is 0.598. The summed E-state index contributed by atoms with van der Waals surface area (Å²) in [4.78, 5) is 18.4. The second kappa shape index (κ2) is 4.56. The molecule has 0 saturated carbocycles. The van der Waals surface area contributed by atoms with Crippen LogP contribution in [0.1, 0.15) is 13.3 Å². The van der Waals surface area contributed by atoms with Crippen LogP contribution in [0, 0.1) is 0 Å². The SMILES string of the molecule is CCC(=O)CO[P+](=O)O. The molecule has 0 aliphatic carbocycles. The van der Waals surface area contributed by atoms with Crippen molar-refractivity contribution in [1.82, 2.24) is 0 Å². The highest BCUT2D eigenvalue weighted by Gasteiger charge is 2.13. The lowest BCUT2D eigenvalue weighted by atomic mass is 10.3. The molecule has 52 valence electrons. The molecule has 0 radical (unpaired) electrons. The van der Waals surface area contributed by atoms with E-state index in [0.717, 1.165) is 0 Å². The van der Waals surface area contributed by atoms with Crippen molar-refractivity contribution in [2.75, 3.05) is 6.61 Å². The molecule has 0 aromatic heterocycles. The van der Waals surface area contributed by atoms with E-state index in [1.54, 1.807) is 6.92 Å². The fourth-order valence-corrected chi connectivity index (χ4v) is 0.484. The van der Waals surface area contributed by atoms with Crippen molar-refractivity contribution >= 4 is 14.0 Å². The van der Waals surface area contributed by atoms with E-state index in [0.29, 0.717) is 6.42 Å². The lowest BCUT2D eigenvalue weighted by Gasteiger charge is -1.84. The van der Waals surface area contributed by atoms with Gasteiger partial charge < -0.3 is 0 Å². The molecule has 0 aromatic carbocycles. The van der Waals surface area contributed by atoms with Crippen molar-refractivity contribution in [2.45, 2.75) is 13.3 Å². The van der Waals surface area contributed by atoms with Gasteiger partial charge in [-0.1, -0.05) is 6.92 Å². The summed E-state index contributed by atoms with van der Waals surface area (Å²) in [5.74, 6) is -0.174. The number of rotatable bonds is 4. The molecular weight excluding hydrogens is 143 g/mol. The van der Waals surface area contributed by atoms with Crippen LogP contribution >= 0.6 is 8.25 Å². The Kier molecular flexibility index (Phi) is 4.40. The lowest BCUT2D eigenvalue weighted by Crippen LogP contribution is -2.02. The van der Waals surface area contributed by atoms with Crippen LogP contribution in [-0.2, 0) is 13.9 Å². The molecule has 9 heavy (non-hydrogen) atoms. The Bertz CT molecular complexity index is 122. The molecule has 4 nitrogen and oxygen atoms in total. The van der Waals surface area contributed by atoms with Crippen LogP contribution in [0.2, 0.25) is 0 Å². The van der Waals surface area contributed by atoms with Gasteiger partial charge in [0.1, 0.15) is 0 Å². The summed E-state index contributed by atoms with van der Waals surface area (Å²) >= 11 is 0. The first-order chi connectivity index (χ1) is 4.16. The molecule has 5 heteroatoms. The first-order valence-electron chi connectivity index (χ1n) is 2.47. The lowest BCUT2D eigenvalue weighted by molar-refractivity contribution is -0.120. The molecule has 0 rings (SSSR count). The van der Waals surface area contributed by atoms with Gasteiger partial charge >= 0.3 is 8.25 Å². The van der Waals surface area contributed by atoms with Gasteiger partial charge in [0.2, 0.25) is 0 Å². The Balaban J connectivity index is 3.28. The third-order valence-electron chi connectivity index (χ3n) is 0.730. The first kappa shape index (κ1) is 8.69. The number of hydrogen-bond donors (Lipinski definition) is 1. The standard InChI is InChI=1S/C4H7O4P/c1-2-4(5)3-8-9(6)7/h2-3H2,1H3/p+1. The first-order valence-corrected chi connectivity index (χ1v) is 3.60. The summed E-state index contributed by atoms with van der Waals surface area (Å²) in [6.07, 6.45) is 0.336. The number of ketones is 1. The van der Waals surface area contributed by atoms with Gasteiger partial charge in [-0.15, -0.1) is 9.42 Å². The Labute approximate surface area is 53.8 Å². The second-order valence-corrected chi connectivity index (χ2v) is 2.14. The maximum atomic E-state index is 10.4. The molecule has 0 amide bonds. The van der Waals surface area contributed by atoms with E-state index in [1.165, 1.54) is 0 Å². The van der Waals surface area contributed by atoms with E-state index in [4.69, 9.17) is 4.89 Å². The molecule has 0 spiro atoms. The van der Waals surface area contributed by atoms with Crippen LogP contribution < -0.4 is 0 Å². The van der Waals surface area contributed by atoms with Crippen molar-refractivity contribution in [2.24, 2.45) is 0 Å². The summed E-state index contributed by atoms with van der Waals surface area (Å²) in [5, 5.41) is 0. The summed E-state index contributed by atoms with van der Waals surface area (Å²) in [6, 6.07) is 0. The predicted octanol–water partition coefficient (Wildman–Crippen LogP) is 0.632. The molecule has 0 aliphatic rings. The Morgan fingerprint density at radius 1 is 1.78 bits per heavy atom. The van der Waals surface area contributed by atoms with Crippen molar-refractivity contribution < 1.29 is 18.8 Å². The summed E-state index contributed by atoms with van der Waals surface area (Å²) in [5.41, 5.74) is 0. The Morgan fingerprint density at radius 2 is 2.33 bits per heavy atom. The topological polar surface area (TPSA) is 63.6 Å². The van der Waals surface area contributed by atoms with Crippen LogP contribution in [0.25, 0.3) is 0 Å². The third kappa shape index (κ3) is 5.56. The minimum Gasteiger partial charge on any atom is -0.297 e. The number of carbonyl (C=O) groups excluding carboxylic acids is 1. The van der Waals surface area contributed by atoms with Crippen LogP contribution in [0.5, 0.6) is 0 Å². The van der Waals surface area contributed by atoms with E-state index >= 15 is 0 Å². The van der Waals surface area contributed by atoms with Crippen molar-refractivity contribution in [3.05, 3.63) is 0 Å². The van der Waals surface area contributed by atoms with Gasteiger partial charge in [0.15, 0.2) is 12.4 Å². The predicted molar refractivity (Wildman–Crippen MR) is 31.1 cm³/mol. The number of Topliss-reactive ketones (excluding diaryl/α,β-unsaturated/α-hetero) is 1. The normalized spacial score (nSPS) is 11.1. The average Bonchev–Trinajstić information content (AvgIpc) is 1.83. The molecular formula is C4H8O4P+. The number of hydrogen-bond acceptors (Lipinski definition) is 3. The molecule has 0 saturated heterocycles. The zero-order valence-corrected chi connectivity index (χ0v) is 5.93. The maximum absolute atomic E-state index is 10.4. The summed E-state index contributed by atoms with van der Waals surface area (Å²) in [6.45, 7) is 1.40. The Morgan fingerprint density at radius 3 is 2.67 bits per heavy atom. The second-order valence-electron chi connectivity index (χ2n) is 1.40. The summed E-state index contributed by atoms with van der Waals surface area (Å²) < 4.78 is 13.9. The van der Waals surface area contributed by atoms with Gasteiger partial charge in [-0.2, -0.15) is 0 Å². The molecule has 0 aliphatic heterocycles. The smallest absolute Gasteiger partial charge is 0.297 e. The van der Waals surface area contributed by atoms with Crippen LogP contribution in [0.4, 0.5) is 0 Å². The van der Waals surface area contributed by atoms with Gasteiger partial charge in [0, 0.05) is 11.0 Å². The minimum absolute atomic E-state index is 0.174. The highest BCUT2D eigenvalue weighted by atomic mass is 31.1. The number of carbonyl (C=O) groups is 1. The zero-order valence-electron chi connectivity index (χ0n) is 5.03. The highest BCUT2D eigenvalue weighted by molar-refractivity contribution is 7.32. The fourth-order valence-electron chi connectivity index (χ4n) is 0.229. The molecule has 0 aromatic rings. The van der Waals surface area contributed by atoms with Gasteiger partial charge in [-0.25, -0.2) is 0 Å². The maximum Gasteiger partial charge on any atom is 0.695 e. The largest absolute Gasteiger partial charge is 0.695 e. The van der Waals surface area contributed by atoms with Crippen molar-refractivity contribution in [1.29, 1.82) is 0 Å². The zero-order chi connectivity index (χ0) is 7.28. The molecule has 0 fully saturated rings. The summed E-state index contributed by atoms with van der Waals surface area (Å²) in [7, 11) is -2.61. The Hall–Kier alpha value is -0.310. The molecule has 1 N–H and O–H groups in total. The monoisotopic (exact) mass is 151 g/mol. The van der Waals surface area contributed by atoms with E-state index in [-0.39, 0.29) is 12.4 Å². The van der Waals surface area contributed by atoms with Crippen molar-refractivity contribution in [3.8, 4) is 0 Å². The third-order valence-corrected chi connectivity index (χ3v) is 1.08. The molecule has 1 atom stereocenters. The fraction of sp³-hybridized carbons (Fsp3) is 0.750. The minimum atomic E-state index is -2.61. The molecule has 0 bridgehead atoms. The van der Waals surface area contributed by atoms with Crippen LogP contribution in [0.15, 0.2) is 0 Å². The van der Waals surface area contributed by atoms with Gasteiger partial charge in [-0.05, 0) is 0 Å². The highest BCUT2D eigenvalue weighted by Crippen LogP contribution is 2.13.